The minimum atomic E-state index is 0.0593. The lowest BCUT2D eigenvalue weighted by molar-refractivity contribution is 0.0910. The van der Waals surface area contributed by atoms with Crippen LogP contribution in [0, 0.1) is 6.92 Å². The highest BCUT2D eigenvalue weighted by Gasteiger charge is 2.21. The number of anilines is 1. The Morgan fingerprint density at radius 1 is 1.33 bits per heavy atom. The van der Waals surface area contributed by atoms with E-state index in [9.17, 15) is 4.79 Å². The molecule has 1 aromatic carbocycles. The molecule has 0 radical (unpaired) electrons. The number of carbonyl (C=O) groups is 1. The van der Waals surface area contributed by atoms with Crippen molar-refractivity contribution in [3.05, 3.63) is 29.3 Å². The monoisotopic (exact) mass is 289 g/mol. The Labute approximate surface area is 127 Å². The average molecular weight is 289 g/mol. The molecule has 2 N–H and O–H groups in total. The number of likely N-dealkylation sites (tertiary alicyclic amines) is 1. The Morgan fingerprint density at radius 3 is 2.62 bits per heavy atom. The number of hydrogen-bond donors (Lipinski definition) is 2. The number of piperidine rings is 1. The largest absolute Gasteiger partial charge is 0.388 e. The average Bonchev–Trinajstić information content (AvgIpc) is 2.49. The number of rotatable bonds is 5. The molecular formula is C17H27N3O. The molecule has 0 bridgehead atoms. The molecule has 0 saturated carbocycles. The molecule has 1 aromatic rings. The molecule has 0 aliphatic carbocycles. The maximum absolute atomic E-state index is 12.4. The zero-order chi connectivity index (χ0) is 15.2. The van der Waals surface area contributed by atoms with Crippen molar-refractivity contribution in [1.82, 2.24) is 10.2 Å². The molecule has 2 rings (SSSR count). The summed E-state index contributed by atoms with van der Waals surface area (Å²) in [5.74, 6) is 0.0593. The van der Waals surface area contributed by atoms with E-state index in [1.807, 2.05) is 32.2 Å². The summed E-state index contributed by atoms with van der Waals surface area (Å²) in [6.07, 6.45) is 3.31. The molecule has 1 amide bonds. The van der Waals surface area contributed by atoms with E-state index < -0.39 is 0 Å². The molecule has 1 aliphatic heterocycles. The smallest absolute Gasteiger partial charge is 0.251 e. The quantitative estimate of drug-likeness (QED) is 0.876. The van der Waals surface area contributed by atoms with Gasteiger partial charge in [0.1, 0.15) is 0 Å². The van der Waals surface area contributed by atoms with Crippen molar-refractivity contribution in [3.8, 4) is 0 Å². The number of benzene rings is 1. The number of hydrogen-bond acceptors (Lipinski definition) is 3. The van der Waals surface area contributed by atoms with Crippen LogP contribution in [-0.4, -0.2) is 43.5 Å². The molecule has 1 fully saturated rings. The Balaban J connectivity index is 1.90. The summed E-state index contributed by atoms with van der Waals surface area (Å²) in [4.78, 5) is 14.9. The Kier molecular flexibility index (Phi) is 5.62. The maximum Gasteiger partial charge on any atom is 0.251 e. The van der Waals surface area contributed by atoms with Gasteiger partial charge in [-0.2, -0.15) is 0 Å². The number of carbonyl (C=O) groups excluding carboxylic acids is 1. The first-order valence-electron chi connectivity index (χ1n) is 7.95. The van der Waals surface area contributed by atoms with Crippen LogP contribution < -0.4 is 10.6 Å². The van der Waals surface area contributed by atoms with Crippen molar-refractivity contribution in [2.45, 2.75) is 39.2 Å². The van der Waals surface area contributed by atoms with E-state index in [4.69, 9.17) is 0 Å². The molecule has 1 saturated heterocycles. The van der Waals surface area contributed by atoms with Crippen LogP contribution >= 0.6 is 0 Å². The number of aryl methyl sites for hydroxylation is 1. The van der Waals surface area contributed by atoms with Crippen LogP contribution in [0.25, 0.3) is 0 Å². The summed E-state index contributed by atoms with van der Waals surface area (Å²) in [5.41, 5.74) is 2.84. The molecule has 21 heavy (non-hydrogen) atoms. The SMILES string of the molecule is CCCN1CCC(NC(=O)c2ccc(NC)cc2C)CC1. The van der Waals surface area contributed by atoms with Crippen molar-refractivity contribution in [3.63, 3.8) is 0 Å². The molecule has 4 heteroatoms. The van der Waals surface area contributed by atoms with Gasteiger partial charge in [-0.1, -0.05) is 6.92 Å². The van der Waals surface area contributed by atoms with Gasteiger partial charge in [0.05, 0.1) is 0 Å². The molecule has 1 aliphatic rings. The van der Waals surface area contributed by atoms with Gasteiger partial charge in [-0.25, -0.2) is 0 Å². The predicted molar refractivity (Wildman–Crippen MR) is 87.9 cm³/mol. The van der Waals surface area contributed by atoms with Gasteiger partial charge in [0, 0.05) is 37.4 Å². The molecule has 1 heterocycles. The standard InChI is InChI=1S/C17H27N3O/c1-4-9-20-10-7-14(8-11-20)19-17(21)16-6-5-15(18-3)12-13(16)2/h5-6,12,14,18H,4,7-11H2,1-3H3,(H,19,21). The molecule has 0 atom stereocenters. The van der Waals surface area contributed by atoms with E-state index in [1.165, 1.54) is 13.0 Å². The number of amides is 1. The fraction of sp³-hybridized carbons (Fsp3) is 0.588. The minimum absolute atomic E-state index is 0.0593. The van der Waals surface area contributed by atoms with Crippen LogP contribution in [0.2, 0.25) is 0 Å². The van der Waals surface area contributed by atoms with E-state index >= 15 is 0 Å². The van der Waals surface area contributed by atoms with Gasteiger partial charge in [0.25, 0.3) is 5.91 Å². The summed E-state index contributed by atoms with van der Waals surface area (Å²) in [5, 5.41) is 6.28. The van der Waals surface area contributed by atoms with Crippen molar-refractivity contribution in [2.75, 3.05) is 32.0 Å². The van der Waals surface area contributed by atoms with E-state index in [1.54, 1.807) is 0 Å². The second-order valence-corrected chi connectivity index (χ2v) is 5.87. The van der Waals surface area contributed by atoms with Gasteiger partial charge in [-0.15, -0.1) is 0 Å². The number of nitrogens with zero attached hydrogens (tertiary/aromatic N) is 1. The van der Waals surface area contributed by atoms with Crippen molar-refractivity contribution in [1.29, 1.82) is 0 Å². The van der Waals surface area contributed by atoms with E-state index in [0.29, 0.717) is 6.04 Å². The first kappa shape index (κ1) is 15.8. The molecule has 0 unspecified atom stereocenters. The van der Waals surface area contributed by atoms with Crippen LogP contribution in [0.5, 0.6) is 0 Å². The lowest BCUT2D eigenvalue weighted by atomic mass is 10.0. The van der Waals surface area contributed by atoms with Gasteiger partial charge in [0.2, 0.25) is 0 Å². The van der Waals surface area contributed by atoms with Crippen LogP contribution in [0.3, 0.4) is 0 Å². The first-order chi connectivity index (χ1) is 10.1. The Morgan fingerprint density at radius 2 is 2.05 bits per heavy atom. The van der Waals surface area contributed by atoms with Gasteiger partial charge >= 0.3 is 0 Å². The predicted octanol–water partition coefficient (Wildman–Crippen LogP) is 2.64. The lowest BCUT2D eigenvalue weighted by Gasteiger charge is -2.32. The summed E-state index contributed by atoms with van der Waals surface area (Å²) in [6.45, 7) is 7.56. The zero-order valence-corrected chi connectivity index (χ0v) is 13.4. The highest BCUT2D eigenvalue weighted by molar-refractivity contribution is 5.96. The van der Waals surface area contributed by atoms with Gasteiger partial charge in [-0.3, -0.25) is 4.79 Å². The van der Waals surface area contributed by atoms with Gasteiger partial charge in [-0.05, 0) is 56.5 Å². The van der Waals surface area contributed by atoms with Crippen molar-refractivity contribution in [2.24, 2.45) is 0 Å². The summed E-state index contributed by atoms with van der Waals surface area (Å²) < 4.78 is 0. The lowest BCUT2D eigenvalue weighted by Crippen LogP contribution is -2.44. The van der Waals surface area contributed by atoms with Crippen molar-refractivity contribution >= 4 is 11.6 Å². The van der Waals surface area contributed by atoms with E-state index in [2.05, 4.69) is 22.5 Å². The molecule has 4 nitrogen and oxygen atoms in total. The molecule has 0 aromatic heterocycles. The highest BCUT2D eigenvalue weighted by Crippen LogP contribution is 2.16. The molecular weight excluding hydrogens is 262 g/mol. The Hall–Kier alpha value is -1.55. The second kappa shape index (κ2) is 7.46. The topological polar surface area (TPSA) is 44.4 Å². The molecule has 0 spiro atoms. The maximum atomic E-state index is 12.4. The fourth-order valence-electron chi connectivity index (χ4n) is 2.95. The zero-order valence-electron chi connectivity index (χ0n) is 13.4. The van der Waals surface area contributed by atoms with Gasteiger partial charge in [0.15, 0.2) is 0 Å². The van der Waals surface area contributed by atoms with Crippen LogP contribution in [0.1, 0.15) is 42.1 Å². The third kappa shape index (κ3) is 4.21. The fourth-order valence-corrected chi connectivity index (χ4v) is 2.95. The van der Waals surface area contributed by atoms with Crippen LogP contribution in [0.4, 0.5) is 5.69 Å². The first-order valence-corrected chi connectivity index (χ1v) is 7.95. The minimum Gasteiger partial charge on any atom is -0.388 e. The third-order valence-corrected chi connectivity index (χ3v) is 4.22. The third-order valence-electron chi connectivity index (χ3n) is 4.22. The van der Waals surface area contributed by atoms with Crippen LogP contribution in [-0.2, 0) is 0 Å². The number of nitrogens with one attached hydrogen (secondary N) is 2. The summed E-state index contributed by atoms with van der Waals surface area (Å²) >= 11 is 0. The summed E-state index contributed by atoms with van der Waals surface area (Å²) in [6, 6.07) is 6.18. The molecule has 116 valence electrons. The highest BCUT2D eigenvalue weighted by atomic mass is 16.1. The second-order valence-electron chi connectivity index (χ2n) is 5.87. The van der Waals surface area contributed by atoms with Gasteiger partial charge < -0.3 is 15.5 Å². The normalized spacial score (nSPS) is 16.7. The van der Waals surface area contributed by atoms with E-state index in [0.717, 1.165) is 42.7 Å². The summed E-state index contributed by atoms with van der Waals surface area (Å²) in [7, 11) is 1.89. The van der Waals surface area contributed by atoms with Crippen molar-refractivity contribution < 1.29 is 4.79 Å². The Bertz CT molecular complexity index is 479. The van der Waals surface area contributed by atoms with E-state index in [-0.39, 0.29) is 5.91 Å². The van der Waals surface area contributed by atoms with Crippen LogP contribution in [0.15, 0.2) is 18.2 Å².